The summed E-state index contributed by atoms with van der Waals surface area (Å²) in [5, 5.41) is 0. The Morgan fingerprint density at radius 1 is 1.00 bits per heavy atom. The van der Waals surface area contributed by atoms with Crippen molar-refractivity contribution < 1.29 is 13.1 Å². The molecule has 0 saturated carbocycles. The fraction of sp³-hybridized carbons (Fsp3) is 0. The molecule has 0 aromatic carbocycles. The summed E-state index contributed by atoms with van der Waals surface area (Å²) in [6.45, 7) is 0. The molecule has 0 unspecified atom stereocenters. The van der Waals surface area contributed by atoms with E-state index in [1.54, 1.807) is 12.4 Å². The van der Waals surface area contributed by atoms with Crippen molar-refractivity contribution in [3.05, 3.63) is 30.6 Å². The van der Waals surface area contributed by atoms with E-state index < -0.39 is 0 Å². The summed E-state index contributed by atoms with van der Waals surface area (Å²) >= 11 is 0.757. The van der Waals surface area contributed by atoms with Crippen molar-refractivity contribution in [3.8, 4) is 0 Å². The van der Waals surface area contributed by atoms with Gasteiger partial charge < -0.3 is 0 Å². The predicted molar refractivity (Wildman–Crippen MR) is 35.9 cm³/mol. The normalized spacial score (nSPS) is 7.78. The quantitative estimate of drug-likeness (QED) is 0.604. The average Bonchev–Trinajstić information content (AvgIpc) is 1.93. The molecule has 0 fully saturated rings. The van der Waals surface area contributed by atoms with E-state index in [4.69, 9.17) is 0 Å². The van der Waals surface area contributed by atoms with Crippen LogP contribution < -0.4 is 0 Å². The molecule has 1 heterocycles. The zero-order valence-electron chi connectivity index (χ0n) is 4.39. The molecule has 0 saturated heterocycles. The molecule has 0 aliphatic heterocycles. The molecule has 0 spiro atoms. The Bertz CT molecular complexity index is 97.8. The molecule has 0 bridgehead atoms. The van der Waals surface area contributed by atoms with E-state index in [9.17, 15) is 0 Å². The van der Waals surface area contributed by atoms with E-state index in [1.165, 1.54) is 0 Å². The third-order valence-corrected chi connectivity index (χ3v) is 0.566. The maximum absolute atomic E-state index is 4.67. The average molecular weight is 214 g/mol. The zero-order valence-corrected chi connectivity index (χ0v) is 6.84. The standard InChI is InChI=1S/C5H5N.2ClH.Cu/c1-2-4-6-5-3-1;;;/h1-5H;2*1H;/q;;;+2/p-2. The van der Waals surface area contributed by atoms with Crippen molar-refractivity contribution in [2.24, 2.45) is 0 Å². The summed E-state index contributed by atoms with van der Waals surface area (Å²) in [5.41, 5.74) is 0. The van der Waals surface area contributed by atoms with E-state index in [2.05, 4.69) is 25.2 Å². The third-order valence-electron chi connectivity index (χ3n) is 0.566. The van der Waals surface area contributed by atoms with E-state index in [-0.39, 0.29) is 0 Å². The number of nitrogens with zero attached hydrogens (tertiary/aromatic N) is 1. The van der Waals surface area contributed by atoms with Crippen LogP contribution in [0.2, 0.25) is 0 Å². The topological polar surface area (TPSA) is 12.9 Å². The maximum Gasteiger partial charge on any atom is 0.0267 e. The van der Waals surface area contributed by atoms with Gasteiger partial charge in [-0.05, 0) is 12.1 Å². The van der Waals surface area contributed by atoms with E-state index in [1.807, 2.05) is 18.2 Å². The first kappa shape index (κ1) is 9.25. The van der Waals surface area contributed by atoms with Crippen molar-refractivity contribution in [2.45, 2.75) is 0 Å². The monoisotopic (exact) mass is 212 g/mol. The van der Waals surface area contributed by atoms with Crippen LogP contribution in [0.4, 0.5) is 0 Å². The molecule has 55 valence electrons. The summed E-state index contributed by atoms with van der Waals surface area (Å²) < 4.78 is 0. The summed E-state index contributed by atoms with van der Waals surface area (Å²) in [6.07, 6.45) is 3.50. The molecule has 0 atom stereocenters. The number of hydrogen-bond acceptors (Lipinski definition) is 1. The summed E-state index contributed by atoms with van der Waals surface area (Å²) in [5.74, 6) is 0. The number of rotatable bonds is 0. The van der Waals surface area contributed by atoms with Crippen LogP contribution in [-0.4, -0.2) is 4.98 Å². The molecule has 0 aliphatic carbocycles. The van der Waals surface area contributed by atoms with Crippen LogP contribution in [0.25, 0.3) is 0 Å². The SMILES string of the molecule is [Cl][Cu][Cl].c1ccncc1. The van der Waals surface area contributed by atoms with Crippen LogP contribution >= 0.6 is 20.2 Å². The van der Waals surface area contributed by atoms with Crippen LogP contribution in [0.1, 0.15) is 0 Å². The molecule has 4 heteroatoms. The fourth-order valence-electron chi connectivity index (χ4n) is 0.313. The Morgan fingerprint density at radius 3 is 1.56 bits per heavy atom. The van der Waals surface area contributed by atoms with Gasteiger partial charge in [0, 0.05) is 12.4 Å². The van der Waals surface area contributed by atoms with Gasteiger partial charge in [-0.3, -0.25) is 4.98 Å². The second-order valence-corrected chi connectivity index (χ2v) is 2.62. The van der Waals surface area contributed by atoms with Gasteiger partial charge in [0.25, 0.3) is 0 Å². The van der Waals surface area contributed by atoms with Gasteiger partial charge in [-0.15, -0.1) is 0 Å². The second-order valence-electron chi connectivity index (χ2n) is 1.07. The first-order chi connectivity index (χ1) is 4.41. The molecule has 1 rings (SSSR count). The molecule has 0 radical (unpaired) electrons. The van der Waals surface area contributed by atoms with Gasteiger partial charge in [0.1, 0.15) is 0 Å². The number of pyridine rings is 1. The van der Waals surface area contributed by atoms with E-state index in [0.717, 1.165) is 13.1 Å². The molecule has 1 nitrogen and oxygen atoms in total. The largest absolute Gasteiger partial charge is 0.265 e. The van der Waals surface area contributed by atoms with Gasteiger partial charge >= 0.3 is 33.3 Å². The first-order valence-corrected chi connectivity index (χ1v) is 4.67. The summed E-state index contributed by atoms with van der Waals surface area (Å²) in [4.78, 5) is 3.78. The molecular weight excluding hydrogens is 209 g/mol. The van der Waals surface area contributed by atoms with Gasteiger partial charge in [-0.2, -0.15) is 0 Å². The van der Waals surface area contributed by atoms with Crippen molar-refractivity contribution in [1.29, 1.82) is 0 Å². The van der Waals surface area contributed by atoms with Crippen LogP contribution in [-0.2, 0) is 13.1 Å². The maximum atomic E-state index is 4.67. The smallest absolute Gasteiger partial charge is 0.0267 e. The number of aromatic nitrogens is 1. The Kier molecular flexibility index (Phi) is 8.48. The molecule has 1 aromatic heterocycles. The minimum Gasteiger partial charge on any atom is -0.265 e. The third kappa shape index (κ3) is 8.25. The fourth-order valence-corrected chi connectivity index (χ4v) is 0.313. The Morgan fingerprint density at radius 2 is 1.44 bits per heavy atom. The molecule has 0 amide bonds. The van der Waals surface area contributed by atoms with Crippen molar-refractivity contribution in [2.75, 3.05) is 0 Å². The van der Waals surface area contributed by atoms with Gasteiger partial charge in [-0.1, -0.05) is 6.07 Å². The van der Waals surface area contributed by atoms with Crippen molar-refractivity contribution in [3.63, 3.8) is 0 Å². The van der Waals surface area contributed by atoms with Crippen LogP contribution in [0.5, 0.6) is 0 Å². The first-order valence-electron chi connectivity index (χ1n) is 2.08. The van der Waals surface area contributed by atoms with E-state index in [0.29, 0.717) is 0 Å². The van der Waals surface area contributed by atoms with E-state index >= 15 is 0 Å². The van der Waals surface area contributed by atoms with Crippen molar-refractivity contribution >= 4 is 20.2 Å². The minimum atomic E-state index is 0.757. The minimum absolute atomic E-state index is 0.757. The summed E-state index contributed by atoms with van der Waals surface area (Å²) in [7, 11) is 9.34. The molecule has 0 aliphatic rings. The second kappa shape index (κ2) is 8.25. The van der Waals surface area contributed by atoms with Crippen LogP contribution in [0.15, 0.2) is 30.6 Å². The Labute approximate surface area is 69.0 Å². The van der Waals surface area contributed by atoms with Crippen LogP contribution in [0, 0.1) is 0 Å². The van der Waals surface area contributed by atoms with Gasteiger partial charge in [0.15, 0.2) is 0 Å². The van der Waals surface area contributed by atoms with Crippen LogP contribution in [0.3, 0.4) is 0 Å². The zero-order chi connectivity index (χ0) is 6.95. The molecular formula is C5H5Cl2CuN. The molecule has 1 aromatic rings. The molecule has 0 N–H and O–H groups in total. The van der Waals surface area contributed by atoms with Gasteiger partial charge in [-0.25, -0.2) is 0 Å². The predicted octanol–water partition coefficient (Wildman–Crippen LogP) is 2.46. The molecule has 9 heavy (non-hydrogen) atoms. The Balaban J connectivity index is 0.000000187. The number of halogens is 2. The van der Waals surface area contributed by atoms with Gasteiger partial charge in [0.05, 0.1) is 0 Å². The van der Waals surface area contributed by atoms with Crippen molar-refractivity contribution in [1.82, 2.24) is 4.98 Å². The van der Waals surface area contributed by atoms with Gasteiger partial charge in [0.2, 0.25) is 0 Å². The Hall–Kier alpha value is 0.249. The summed E-state index contributed by atoms with van der Waals surface area (Å²) in [6, 6.07) is 5.72. The number of hydrogen-bond donors (Lipinski definition) is 0.